The molecule has 0 aliphatic carbocycles. The van der Waals surface area contributed by atoms with Crippen molar-refractivity contribution in [1.29, 1.82) is 0 Å². The molecule has 0 radical (unpaired) electrons. The van der Waals surface area contributed by atoms with E-state index in [9.17, 15) is 13.2 Å². The molecule has 0 aliphatic heterocycles. The van der Waals surface area contributed by atoms with Crippen molar-refractivity contribution in [3.05, 3.63) is 51.2 Å². The molecule has 0 fully saturated rings. The fourth-order valence-corrected chi connectivity index (χ4v) is 3.97. The average molecular weight is 352 g/mol. The predicted octanol–water partition coefficient (Wildman–Crippen LogP) is 2.55. The number of benzene rings is 1. The van der Waals surface area contributed by atoms with Crippen LogP contribution in [0.1, 0.15) is 26.4 Å². The van der Waals surface area contributed by atoms with Crippen LogP contribution in [0.25, 0.3) is 0 Å². The highest BCUT2D eigenvalue weighted by Gasteiger charge is 2.22. The third kappa shape index (κ3) is 3.80. The molecule has 0 atom stereocenters. The van der Waals surface area contributed by atoms with Gasteiger partial charge in [0.15, 0.2) is 0 Å². The molecule has 1 aromatic carbocycles. The van der Waals surface area contributed by atoms with E-state index in [1.165, 1.54) is 20.2 Å². The number of nitrogens with zero attached hydrogens (tertiary/aromatic N) is 1. The maximum atomic E-state index is 12.4. The standard InChI is InChI=1S/C16H20N2O3S2/c1-11-8-13(16(19)17-10-14-6-5-7-22-14)9-15(12(11)2)23(20,21)18(3)4/h5-9H,10H2,1-4H3,(H,17,19). The van der Waals surface area contributed by atoms with Crippen molar-refractivity contribution in [2.75, 3.05) is 14.1 Å². The van der Waals surface area contributed by atoms with Gasteiger partial charge in [-0.2, -0.15) is 0 Å². The highest BCUT2D eigenvalue weighted by Crippen LogP contribution is 2.23. The van der Waals surface area contributed by atoms with Crippen LogP contribution in [0, 0.1) is 13.8 Å². The van der Waals surface area contributed by atoms with E-state index < -0.39 is 10.0 Å². The van der Waals surface area contributed by atoms with Crippen LogP contribution in [0.2, 0.25) is 0 Å². The highest BCUT2D eigenvalue weighted by molar-refractivity contribution is 7.89. The van der Waals surface area contributed by atoms with Crippen molar-refractivity contribution in [2.45, 2.75) is 25.3 Å². The zero-order valence-electron chi connectivity index (χ0n) is 13.6. The van der Waals surface area contributed by atoms with Crippen LogP contribution in [0.15, 0.2) is 34.5 Å². The summed E-state index contributed by atoms with van der Waals surface area (Å²) < 4.78 is 26.0. The Morgan fingerprint density at radius 1 is 1.26 bits per heavy atom. The Morgan fingerprint density at radius 3 is 2.52 bits per heavy atom. The second-order valence-electron chi connectivity index (χ2n) is 5.47. The number of thiophene rings is 1. The minimum Gasteiger partial charge on any atom is -0.347 e. The molecule has 1 heterocycles. The number of carbonyl (C=O) groups is 1. The van der Waals surface area contributed by atoms with Gasteiger partial charge in [-0.3, -0.25) is 4.79 Å². The second kappa shape index (κ2) is 6.82. The summed E-state index contributed by atoms with van der Waals surface area (Å²) in [6.45, 7) is 3.98. The SMILES string of the molecule is Cc1cc(C(=O)NCc2cccs2)cc(S(=O)(=O)N(C)C)c1C. The molecule has 0 bridgehead atoms. The number of nitrogens with one attached hydrogen (secondary N) is 1. The summed E-state index contributed by atoms with van der Waals surface area (Å²) >= 11 is 1.56. The van der Waals surface area contributed by atoms with Crippen LogP contribution in [-0.4, -0.2) is 32.7 Å². The van der Waals surface area contributed by atoms with Gasteiger partial charge in [0.1, 0.15) is 0 Å². The number of rotatable bonds is 5. The van der Waals surface area contributed by atoms with Crippen molar-refractivity contribution in [2.24, 2.45) is 0 Å². The molecular weight excluding hydrogens is 332 g/mol. The zero-order chi connectivity index (χ0) is 17.2. The molecule has 0 unspecified atom stereocenters. The first-order valence-corrected chi connectivity index (χ1v) is 9.40. The van der Waals surface area contributed by atoms with Crippen molar-refractivity contribution in [3.8, 4) is 0 Å². The Labute approximate surface area is 141 Å². The summed E-state index contributed by atoms with van der Waals surface area (Å²) in [6.07, 6.45) is 0. The number of hydrogen-bond donors (Lipinski definition) is 1. The van der Waals surface area contributed by atoms with Crippen molar-refractivity contribution in [1.82, 2.24) is 9.62 Å². The van der Waals surface area contributed by atoms with E-state index in [1.54, 1.807) is 31.3 Å². The van der Waals surface area contributed by atoms with Crippen LogP contribution >= 0.6 is 11.3 Å². The summed E-state index contributed by atoms with van der Waals surface area (Å²) in [5.74, 6) is -0.281. The molecule has 2 aromatic rings. The molecule has 124 valence electrons. The van der Waals surface area contributed by atoms with Gasteiger partial charge < -0.3 is 5.32 Å². The minimum absolute atomic E-state index is 0.170. The van der Waals surface area contributed by atoms with E-state index in [2.05, 4.69) is 5.32 Å². The first-order valence-electron chi connectivity index (χ1n) is 7.08. The Bertz CT molecular complexity index is 810. The largest absolute Gasteiger partial charge is 0.347 e. The molecule has 2 rings (SSSR count). The summed E-state index contributed by atoms with van der Waals surface area (Å²) in [4.78, 5) is 13.6. The Kier molecular flexibility index (Phi) is 5.23. The molecule has 1 aromatic heterocycles. The quantitative estimate of drug-likeness (QED) is 0.899. The summed E-state index contributed by atoms with van der Waals surface area (Å²) in [5, 5.41) is 4.76. The van der Waals surface area contributed by atoms with Gasteiger partial charge in [-0.15, -0.1) is 11.3 Å². The normalized spacial score (nSPS) is 11.7. The lowest BCUT2D eigenvalue weighted by Gasteiger charge is -2.16. The van der Waals surface area contributed by atoms with E-state index in [1.807, 2.05) is 17.5 Å². The first kappa shape index (κ1) is 17.7. The Hall–Kier alpha value is -1.70. The fourth-order valence-electron chi connectivity index (χ4n) is 2.11. The highest BCUT2D eigenvalue weighted by atomic mass is 32.2. The van der Waals surface area contributed by atoms with E-state index in [0.717, 1.165) is 14.7 Å². The maximum Gasteiger partial charge on any atom is 0.251 e. The monoisotopic (exact) mass is 352 g/mol. The molecule has 7 heteroatoms. The average Bonchev–Trinajstić information content (AvgIpc) is 3.00. The lowest BCUT2D eigenvalue weighted by Crippen LogP contribution is -2.26. The van der Waals surface area contributed by atoms with Crippen LogP contribution in [0.4, 0.5) is 0 Å². The molecule has 5 nitrogen and oxygen atoms in total. The number of carbonyl (C=O) groups excluding carboxylic acids is 1. The summed E-state index contributed by atoms with van der Waals surface area (Å²) in [6, 6.07) is 7.02. The lowest BCUT2D eigenvalue weighted by molar-refractivity contribution is 0.0951. The molecule has 0 saturated heterocycles. The van der Waals surface area contributed by atoms with E-state index in [4.69, 9.17) is 0 Å². The first-order chi connectivity index (χ1) is 10.7. The fraction of sp³-hybridized carbons (Fsp3) is 0.312. The van der Waals surface area contributed by atoms with Gasteiger partial charge in [-0.1, -0.05) is 6.07 Å². The minimum atomic E-state index is -3.59. The molecule has 1 amide bonds. The van der Waals surface area contributed by atoms with Gasteiger partial charge in [0.05, 0.1) is 11.4 Å². The van der Waals surface area contributed by atoms with E-state index >= 15 is 0 Å². The van der Waals surface area contributed by atoms with Gasteiger partial charge in [-0.25, -0.2) is 12.7 Å². The molecule has 0 spiro atoms. The number of aryl methyl sites for hydroxylation is 1. The van der Waals surface area contributed by atoms with Gasteiger partial charge in [-0.05, 0) is 48.6 Å². The summed E-state index contributed by atoms with van der Waals surface area (Å²) in [7, 11) is -0.629. The predicted molar refractivity (Wildman–Crippen MR) is 92.3 cm³/mol. The molecule has 0 saturated carbocycles. The molecular formula is C16H20N2O3S2. The Balaban J connectivity index is 2.33. The van der Waals surface area contributed by atoms with Gasteiger partial charge >= 0.3 is 0 Å². The number of sulfonamides is 1. The molecule has 23 heavy (non-hydrogen) atoms. The maximum absolute atomic E-state index is 12.4. The topological polar surface area (TPSA) is 66.5 Å². The van der Waals surface area contributed by atoms with Gasteiger partial charge in [0, 0.05) is 24.5 Å². The van der Waals surface area contributed by atoms with Crippen LogP contribution in [-0.2, 0) is 16.6 Å². The van der Waals surface area contributed by atoms with Crippen LogP contribution in [0.3, 0.4) is 0 Å². The zero-order valence-corrected chi connectivity index (χ0v) is 15.2. The van der Waals surface area contributed by atoms with Gasteiger partial charge in [0.25, 0.3) is 5.91 Å². The van der Waals surface area contributed by atoms with E-state index in [0.29, 0.717) is 17.7 Å². The lowest BCUT2D eigenvalue weighted by atomic mass is 10.1. The van der Waals surface area contributed by atoms with Crippen LogP contribution in [0.5, 0.6) is 0 Å². The third-order valence-electron chi connectivity index (χ3n) is 3.64. The number of hydrogen-bond acceptors (Lipinski definition) is 4. The molecule has 0 aliphatic rings. The summed E-state index contributed by atoms with van der Waals surface area (Å²) in [5.41, 5.74) is 1.78. The second-order valence-corrected chi connectivity index (χ2v) is 8.62. The van der Waals surface area contributed by atoms with Crippen molar-refractivity contribution >= 4 is 27.3 Å². The Morgan fingerprint density at radius 2 is 1.96 bits per heavy atom. The van der Waals surface area contributed by atoms with Crippen LogP contribution < -0.4 is 5.32 Å². The van der Waals surface area contributed by atoms with E-state index in [-0.39, 0.29) is 10.8 Å². The third-order valence-corrected chi connectivity index (χ3v) is 6.46. The molecule has 1 N–H and O–H groups in total. The van der Waals surface area contributed by atoms with Gasteiger partial charge in [0.2, 0.25) is 10.0 Å². The van der Waals surface area contributed by atoms with Crippen molar-refractivity contribution in [3.63, 3.8) is 0 Å². The smallest absolute Gasteiger partial charge is 0.251 e. The van der Waals surface area contributed by atoms with Crippen molar-refractivity contribution < 1.29 is 13.2 Å². The number of amides is 1.